The van der Waals surface area contributed by atoms with Crippen molar-refractivity contribution in [2.75, 3.05) is 43.9 Å². The number of nitrogens with two attached hydrogens (primary N) is 1. The van der Waals surface area contributed by atoms with Crippen LogP contribution in [0.25, 0.3) is 0 Å². The highest BCUT2D eigenvalue weighted by atomic mass is 19.4. The van der Waals surface area contributed by atoms with Crippen LogP contribution in [0.4, 0.5) is 29.3 Å². The number of benzene rings is 2. The van der Waals surface area contributed by atoms with E-state index in [2.05, 4.69) is 0 Å². The second-order valence-electron chi connectivity index (χ2n) is 9.09. The number of likely N-dealkylation sites (N-methyl/N-ethyl adjacent to an activating group) is 1. The minimum atomic E-state index is -4.71. The Bertz CT molecular complexity index is 993. The number of anilines is 2. The number of hydrogen-bond acceptors (Lipinski definition) is 6. The molecule has 0 spiro atoms. The summed E-state index contributed by atoms with van der Waals surface area (Å²) >= 11 is 0. The molecule has 1 atom stereocenters. The van der Waals surface area contributed by atoms with Gasteiger partial charge in [0.25, 0.3) is 0 Å². The van der Waals surface area contributed by atoms with Crippen LogP contribution in [0.3, 0.4) is 0 Å². The van der Waals surface area contributed by atoms with E-state index in [1.165, 1.54) is 21.9 Å². The Morgan fingerprint density at radius 2 is 1.85 bits per heavy atom. The number of halogens is 3. The van der Waals surface area contributed by atoms with E-state index in [-0.39, 0.29) is 49.1 Å². The van der Waals surface area contributed by atoms with Crippen LogP contribution in [0.15, 0.2) is 42.5 Å². The monoisotopic (exact) mass is 481 g/mol. The van der Waals surface area contributed by atoms with Gasteiger partial charge in [0.05, 0.1) is 30.6 Å². The summed E-state index contributed by atoms with van der Waals surface area (Å²) in [4.78, 5) is 15.2. The molecule has 7 nitrogen and oxygen atoms in total. The smallest absolute Gasteiger partial charge is 0.422 e. The summed E-state index contributed by atoms with van der Waals surface area (Å²) in [5.41, 5.74) is 4.26. The summed E-state index contributed by atoms with van der Waals surface area (Å²) in [6.07, 6.45) is -5.79. The molecule has 0 aliphatic carbocycles. The van der Waals surface area contributed by atoms with Gasteiger partial charge in [-0.15, -0.1) is 0 Å². The van der Waals surface area contributed by atoms with Crippen LogP contribution >= 0.6 is 0 Å². The SMILES string of the molecule is CN(C[C@@H]1CN(c2c(N)ccc(Oc3ccccc3)c2C(F)(F)F)CCO1)C(=O)OC(C)(C)C. The Hall–Kier alpha value is -3.14. The number of nitrogens with zero attached hydrogens (tertiary/aromatic N) is 2. The van der Waals surface area contributed by atoms with Gasteiger partial charge in [-0.3, -0.25) is 0 Å². The summed E-state index contributed by atoms with van der Waals surface area (Å²) < 4.78 is 59.4. The molecule has 1 aliphatic heterocycles. The number of hydrogen-bond donors (Lipinski definition) is 1. The number of morpholine rings is 1. The number of carbonyl (C=O) groups excluding carboxylic acids is 1. The topological polar surface area (TPSA) is 77.3 Å². The first-order valence-corrected chi connectivity index (χ1v) is 10.9. The van der Waals surface area contributed by atoms with Gasteiger partial charge in [-0.2, -0.15) is 13.2 Å². The molecule has 2 aromatic rings. The van der Waals surface area contributed by atoms with E-state index in [1.807, 2.05) is 0 Å². The third-order valence-electron chi connectivity index (χ3n) is 5.06. The molecule has 1 saturated heterocycles. The predicted molar refractivity (Wildman–Crippen MR) is 123 cm³/mol. The van der Waals surface area contributed by atoms with Gasteiger partial charge in [0.2, 0.25) is 0 Å². The minimum absolute atomic E-state index is 0.0196. The van der Waals surface area contributed by atoms with Gasteiger partial charge in [0.15, 0.2) is 0 Å². The zero-order valence-corrected chi connectivity index (χ0v) is 19.7. The number of alkyl halides is 3. The molecule has 0 unspecified atom stereocenters. The first kappa shape index (κ1) is 25.5. The molecule has 3 rings (SSSR count). The van der Waals surface area contributed by atoms with Gasteiger partial charge in [-0.25, -0.2) is 4.79 Å². The Kier molecular flexibility index (Phi) is 7.50. The summed E-state index contributed by atoms with van der Waals surface area (Å²) in [5.74, 6) is -0.0561. The molecule has 0 bridgehead atoms. The van der Waals surface area contributed by atoms with E-state index in [4.69, 9.17) is 19.9 Å². The number of carbonyl (C=O) groups is 1. The molecule has 0 aromatic heterocycles. The quantitative estimate of drug-likeness (QED) is 0.595. The molecule has 0 saturated carbocycles. The standard InChI is InChI=1S/C24H30F3N3O4/c1-23(2,3)34-22(31)29(4)14-17-15-30(12-13-32-17)21-18(28)10-11-19(20(21)24(25,26)27)33-16-8-6-5-7-9-16/h5-11,17H,12-15,28H2,1-4H3/t17-/m1/s1. The maximum Gasteiger partial charge on any atom is 0.422 e. The molecule has 2 N–H and O–H groups in total. The summed E-state index contributed by atoms with van der Waals surface area (Å²) in [7, 11) is 1.56. The summed E-state index contributed by atoms with van der Waals surface area (Å²) in [6.45, 7) is 5.89. The van der Waals surface area contributed by atoms with E-state index < -0.39 is 29.5 Å². The summed E-state index contributed by atoms with van der Waals surface area (Å²) in [5, 5.41) is 0. The number of para-hydroxylation sites is 1. The number of nitrogen functional groups attached to an aromatic ring is 1. The lowest BCUT2D eigenvalue weighted by Gasteiger charge is -2.38. The fourth-order valence-corrected chi connectivity index (χ4v) is 3.66. The molecule has 1 fully saturated rings. The van der Waals surface area contributed by atoms with Crippen molar-refractivity contribution in [1.82, 2.24) is 4.90 Å². The molecule has 0 radical (unpaired) electrons. The van der Waals surface area contributed by atoms with Crippen LogP contribution < -0.4 is 15.4 Å². The van der Waals surface area contributed by atoms with E-state index in [9.17, 15) is 18.0 Å². The van der Waals surface area contributed by atoms with Crippen molar-refractivity contribution in [3.05, 3.63) is 48.0 Å². The van der Waals surface area contributed by atoms with Gasteiger partial charge in [0.1, 0.15) is 22.7 Å². The van der Waals surface area contributed by atoms with E-state index >= 15 is 0 Å². The fraction of sp³-hybridized carbons (Fsp3) is 0.458. The Labute approximate surface area is 197 Å². The van der Waals surface area contributed by atoms with Crippen molar-refractivity contribution in [2.24, 2.45) is 0 Å². The highest BCUT2D eigenvalue weighted by molar-refractivity contribution is 5.76. The van der Waals surface area contributed by atoms with Gasteiger partial charge < -0.3 is 29.7 Å². The highest BCUT2D eigenvalue weighted by Gasteiger charge is 2.41. The van der Waals surface area contributed by atoms with Crippen molar-refractivity contribution in [3.63, 3.8) is 0 Å². The van der Waals surface area contributed by atoms with E-state index in [1.54, 1.807) is 58.2 Å². The van der Waals surface area contributed by atoms with Gasteiger partial charge >= 0.3 is 12.3 Å². The molecule has 34 heavy (non-hydrogen) atoms. The van der Waals surface area contributed by atoms with Gasteiger partial charge in [-0.05, 0) is 45.0 Å². The Morgan fingerprint density at radius 3 is 2.47 bits per heavy atom. The maximum absolute atomic E-state index is 14.3. The van der Waals surface area contributed by atoms with Crippen LogP contribution in [0.5, 0.6) is 11.5 Å². The van der Waals surface area contributed by atoms with E-state index in [0.29, 0.717) is 0 Å². The Balaban J connectivity index is 1.86. The van der Waals surface area contributed by atoms with Crippen LogP contribution in [-0.4, -0.2) is 56.0 Å². The zero-order chi connectivity index (χ0) is 25.1. The number of rotatable bonds is 5. The molecule has 186 valence electrons. The van der Waals surface area contributed by atoms with Crippen molar-refractivity contribution in [3.8, 4) is 11.5 Å². The van der Waals surface area contributed by atoms with Crippen molar-refractivity contribution in [1.29, 1.82) is 0 Å². The fourth-order valence-electron chi connectivity index (χ4n) is 3.66. The third-order valence-corrected chi connectivity index (χ3v) is 5.06. The Morgan fingerprint density at radius 1 is 1.18 bits per heavy atom. The lowest BCUT2D eigenvalue weighted by Crippen LogP contribution is -2.49. The molecule has 2 aromatic carbocycles. The first-order chi connectivity index (χ1) is 15.8. The second kappa shape index (κ2) is 10.0. The average molecular weight is 482 g/mol. The molecular weight excluding hydrogens is 451 g/mol. The highest BCUT2D eigenvalue weighted by Crippen LogP contribution is 2.47. The van der Waals surface area contributed by atoms with E-state index in [0.717, 1.165) is 0 Å². The second-order valence-corrected chi connectivity index (χ2v) is 9.09. The maximum atomic E-state index is 14.3. The first-order valence-electron chi connectivity index (χ1n) is 10.9. The normalized spacial score (nSPS) is 16.8. The lowest BCUT2D eigenvalue weighted by atomic mass is 10.1. The van der Waals surface area contributed by atoms with Crippen molar-refractivity contribution >= 4 is 17.5 Å². The van der Waals surface area contributed by atoms with Crippen LogP contribution in [0.2, 0.25) is 0 Å². The zero-order valence-electron chi connectivity index (χ0n) is 19.7. The van der Waals surface area contributed by atoms with Crippen LogP contribution in [0.1, 0.15) is 26.3 Å². The summed E-state index contributed by atoms with van der Waals surface area (Å²) in [6, 6.07) is 10.9. The molecular formula is C24H30F3N3O4. The predicted octanol–water partition coefficient (Wildman–Crippen LogP) is 5.15. The largest absolute Gasteiger partial charge is 0.457 e. The van der Waals surface area contributed by atoms with Crippen LogP contribution in [-0.2, 0) is 15.7 Å². The molecule has 1 heterocycles. The van der Waals surface area contributed by atoms with Crippen molar-refractivity contribution < 1.29 is 32.2 Å². The van der Waals surface area contributed by atoms with Crippen molar-refractivity contribution in [2.45, 2.75) is 38.7 Å². The lowest BCUT2D eigenvalue weighted by molar-refractivity contribution is -0.138. The minimum Gasteiger partial charge on any atom is -0.457 e. The molecule has 1 amide bonds. The molecule has 10 heteroatoms. The van der Waals surface area contributed by atoms with Crippen LogP contribution in [0, 0.1) is 0 Å². The number of ether oxygens (including phenoxy) is 3. The average Bonchev–Trinajstić information content (AvgIpc) is 2.73. The van der Waals surface area contributed by atoms with Gasteiger partial charge in [-0.1, -0.05) is 18.2 Å². The number of amides is 1. The molecule has 1 aliphatic rings. The third kappa shape index (κ3) is 6.47. The van der Waals surface area contributed by atoms with Gasteiger partial charge in [0, 0.05) is 20.1 Å².